The summed E-state index contributed by atoms with van der Waals surface area (Å²) in [6.45, 7) is 3.96. The van der Waals surface area contributed by atoms with E-state index in [0.717, 1.165) is 32.4 Å². The molecule has 1 heterocycles. The van der Waals surface area contributed by atoms with Gasteiger partial charge in [-0.1, -0.05) is 26.2 Å². The van der Waals surface area contributed by atoms with Crippen molar-refractivity contribution in [1.82, 2.24) is 10.4 Å². The fourth-order valence-corrected chi connectivity index (χ4v) is 1.99. The van der Waals surface area contributed by atoms with Crippen LogP contribution < -0.4 is 5.43 Å². The highest BCUT2D eigenvalue weighted by Crippen LogP contribution is 2.14. The van der Waals surface area contributed by atoms with Crippen molar-refractivity contribution in [2.45, 2.75) is 51.5 Å². The summed E-state index contributed by atoms with van der Waals surface area (Å²) in [6.07, 6.45) is 6.63. The van der Waals surface area contributed by atoms with Gasteiger partial charge in [0, 0.05) is 13.1 Å². The highest BCUT2D eigenvalue weighted by atomic mass is 16.4. The Bertz CT molecular complexity index is 197. The van der Waals surface area contributed by atoms with Gasteiger partial charge in [0.25, 0.3) is 0 Å². The topological polar surface area (TPSA) is 52.6 Å². The maximum atomic E-state index is 10.9. The molecule has 1 atom stereocenters. The summed E-state index contributed by atoms with van der Waals surface area (Å²) < 4.78 is 0. The Morgan fingerprint density at radius 2 is 2.27 bits per heavy atom. The maximum Gasteiger partial charge on any atom is 0.322 e. The number of nitrogens with zero attached hydrogens (tertiary/aromatic N) is 1. The van der Waals surface area contributed by atoms with Gasteiger partial charge in [0.2, 0.25) is 0 Å². The number of unbranched alkanes of at least 4 members (excludes halogenated alkanes) is 3. The van der Waals surface area contributed by atoms with Crippen LogP contribution in [0.5, 0.6) is 0 Å². The van der Waals surface area contributed by atoms with Crippen molar-refractivity contribution in [2.75, 3.05) is 13.1 Å². The Morgan fingerprint density at radius 1 is 1.47 bits per heavy atom. The van der Waals surface area contributed by atoms with E-state index in [0.29, 0.717) is 0 Å². The van der Waals surface area contributed by atoms with Crippen LogP contribution in [-0.2, 0) is 4.79 Å². The molecule has 1 aliphatic heterocycles. The van der Waals surface area contributed by atoms with Crippen LogP contribution in [-0.4, -0.2) is 35.2 Å². The summed E-state index contributed by atoms with van der Waals surface area (Å²) in [5, 5.41) is 10.8. The molecule has 0 radical (unpaired) electrons. The monoisotopic (exact) mass is 214 g/mol. The molecule has 15 heavy (non-hydrogen) atoms. The summed E-state index contributed by atoms with van der Waals surface area (Å²) in [4.78, 5) is 10.9. The fourth-order valence-electron chi connectivity index (χ4n) is 1.99. The van der Waals surface area contributed by atoms with E-state index in [1.54, 1.807) is 0 Å². The molecule has 0 unspecified atom stereocenters. The van der Waals surface area contributed by atoms with Gasteiger partial charge < -0.3 is 5.11 Å². The number of hydrogen-bond donors (Lipinski definition) is 2. The number of carboxylic acids is 1. The van der Waals surface area contributed by atoms with E-state index in [9.17, 15) is 4.79 Å². The zero-order chi connectivity index (χ0) is 11.1. The van der Waals surface area contributed by atoms with Crippen molar-refractivity contribution in [3.8, 4) is 0 Å². The van der Waals surface area contributed by atoms with Gasteiger partial charge in [0.1, 0.15) is 6.04 Å². The fraction of sp³-hybridized carbons (Fsp3) is 0.909. The molecule has 0 aromatic rings. The van der Waals surface area contributed by atoms with Crippen LogP contribution in [0, 0.1) is 0 Å². The predicted octanol–water partition coefficient (Wildman–Crippen LogP) is 1.62. The van der Waals surface area contributed by atoms with Gasteiger partial charge >= 0.3 is 5.97 Å². The van der Waals surface area contributed by atoms with Gasteiger partial charge in [-0.2, -0.15) is 0 Å². The normalized spacial score (nSPS) is 22.1. The molecule has 0 amide bonds. The molecule has 0 bridgehead atoms. The average Bonchev–Trinajstić information content (AvgIpc) is 2.66. The standard InChI is InChI=1S/C11H22N2O2/c1-2-3-4-5-8-12-13-9-6-7-10(13)11(14)15/h10,12H,2-9H2,1H3,(H,14,15)/t10-/m0/s1. The van der Waals surface area contributed by atoms with E-state index < -0.39 is 5.97 Å². The predicted molar refractivity (Wildman–Crippen MR) is 59.5 cm³/mol. The van der Waals surface area contributed by atoms with Crippen molar-refractivity contribution >= 4 is 5.97 Å². The Labute approximate surface area is 91.6 Å². The third kappa shape index (κ3) is 4.18. The summed E-state index contributed by atoms with van der Waals surface area (Å²) in [5.41, 5.74) is 3.22. The highest BCUT2D eigenvalue weighted by molar-refractivity contribution is 5.73. The van der Waals surface area contributed by atoms with Crippen molar-refractivity contribution in [1.29, 1.82) is 0 Å². The molecule has 88 valence electrons. The van der Waals surface area contributed by atoms with E-state index in [4.69, 9.17) is 5.11 Å². The lowest BCUT2D eigenvalue weighted by Crippen LogP contribution is -2.45. The summed E-state index contributed by atoms with van der Waals surface area (Å²) in [5.74, 6) is -0.700. The van der Waals surface area contributed by atoms with Crippen molar-refractivity contribution in [2.24, 2.45) is 0 Å². The van der Waals surface area contributed by atoms with Crippen molar-refractivity contribution in [3.63, 3.8) is 0 Å². The Balaban J connectivity index is 2.12. The second-order valence-corrected chi connectivity index (χ2v) is 4.16. The summed E-state index contributed by atoms with van der Waals surface area (Å²) in [7, 11) is 0. The molecule has 0 aromatic heterocycles. The number of hydrazine groups is 1. The first-order valence-corrected chi connectivity index (χ1v) is 5.98. The Morgan fingerprint density at radius 3 is 2.93 bits per heavy atom. The molecule has 0 aromatic carbocycles. The van der Waals surface area contributed by atoms with Gasteiger partial charge in [-0.25, -0.2) is 5.01 Å². The summed E-state index contributed by atoms with van der Waals surface area (Å²) in [6, 6.07) is -0.309. The van der Waals surface area contributed by atoms with Crippen LogP contribution in [0.25, 0.3) is 0 Å². The van der Waals surface area contributed by atoms with Crippen LogP contribution >= 0.6 is 0 Å². The molecular formula is C11H22N2O2. The van der Waals surface area contributed by atoms with Gasteiger partial charge in [0.15, 0.2) is 0 Å². The molecule has 1 aliphatic rings. The van der Waals surface area contributed by atoms with E-state index in [2.05, 4.69) is 12.3 Å². The third-order valence-corrected chi connectivity index (χ3v) is 2.88. The molecular weight excluding hydrogens is 192 g/mol. The molecule has 1 saturated heterocycles. The largest absolute Gasteiger partial charge is 0.480 e. The minimum atomic E-state index is -0.700. The van der Waals surface area contributed by atoms with Gasteiger partial charge in [-0.3, -0.25) is 10.2 Å². The minimum absolute atomic E-state index is 0.309. The van der Waals surface area contributed by atoms with E-state index in [-0.39, 0.29) is 6.04 Å². The summed E-state index contributed by atoms with van der Waals surface area (Å²) >= 11 is 0. The molecule has 0 spiro atoms. The van der Waals surface area contributed by atoms with Gasteiger partial charge in [0.05, 0.1) is 0 Å². The minimum Gasteiger partial charge on any atom is -0.480 e. The van der Waals surface area contributed by atoms with Gasteiger partial charge in [-0.05, 0) is 19.3 Å². The SMILES string of the molecule is CCCCCCNN1CCC[C@H]1C(=O)O. The zero-order valence-electron chi connectivity index (χ0n) is 9.54. The number of carbonyl (C=O) groups is 1. The van der Waals surface area contributed by atoms with Crippen LogP contribution in [0.15, 0.2) is 0 Å². The maximum absolute atomic E-state index is 10.9. The number of aliphatic carboxylic acids is 1. The Kier molecular flexibility index (Phi) is 5.65. The smallest absolute Gasteiger partial charge is 0.322 e. The van der Waals surface area contributed by atoms with Crippen molar-refractivity contribution < 1.29 is 9.90 Å². The van der Waals surface area contributed by atoms with Crippen LogP contribution in [0.1, 0.15) is 45.4 Å². The number of hydrogen-bond acceptors (Lipinski definition) is 3. The quantitative estimate of drug-likeness (QED) is 0.632. The molecule has 1 rings (SSSR count). The zero-order valence-corrected chi connectivity index (χ0v) is 9.54. The lowest BCUT2D eigenvalue weighted by molar-refractivity contribution is -0.143. The first kappa shape index (κ1) is 12.5. The molecule has 0 aliphatic carbocycles. The first-order chi connectivity index (χ1) is 7.25. The lowest BCUT2D eigenvalue weighted by Gasteiger charge is -2.21. The Hall–Kier alpha value is -0.610. The van der Waals surface area contributed by atoms with Crippen LogP contribution in [0.4, 0.5) is 0 Å². The molecule has 1 fully saturated rings. The average molecular weight is 214 g/mol. The van der Waals surface area contributed by atoms with Gasteiger partial charge in [-0.15, -0.1) is 0 Å². The molecule has 4 heteroatoms. The number of carboxylic acid groups (broad SMARTS) is 1. The van der Waals surface area contributed by atoms with E-state index >= 15 is 0 Å². The molecule has 4 nitrogen and oxygen atoms in total. The second kappa shape index (κ2) is 6.80. The third-order valence-electron chi connectivity index (χ3n) is 2.88. The molecule has 2 N–H and O–H groups in total. The molecule has 0 saturated carbocycles. The highest BCUT2D eigenvalue weighted by Gasteiger charge is 2.29. The number of rotatable bonds is 7. The van der Waals surface area contributed by atoms with Crippen molar-refractivity contribution in [3.05, 3.63) is 0 Å². The van der Waals surface area contributed by atoms with Crippen LogP contribution in [0.2, 0.25) is 0 Å². The number of nitrogens with one attached hydrogen (secondary N) is 1. The first-order valence-electron chi connectivity index (χ1n) is 5.98. The van der Waals surface area contributed by atoms with Crippen LogP contribution in [0.3, 0.4) is 0 Å². The van der Waals surface area contributed by atoms with E-state index in [1.165, 1.54) is 19.3 Å². The lowest BCUT2D eigenvalue weighted by atomic mass is 10.2. The van der Waals surface area contributed by atoms with E-state index in [1.807, 2.05) is 5.01 Å². The second-order valence-electron chi connectivity index (χ2n) is 4.16.